The summed E-state index contributed by atoms with van der Waals surface area (Å²) in [5.41, 5.74) is 0. The quantitative estimate of drug-likeness (QED) is 0.560. The Hall–Kier alpha value is -0.530. The molecule has 0 bridgehead atoms. The Bertz CT molecular complexity index is 121. The van der Waals surface area contributed by atoms with Gasteiger partial charge < -0.3 is 4.90 Å². The third-order valence-corrected chi connectivity index (χ3v) is 1.89. The molecule has 0 saturated heterocycles. The molecule has 0 aliphatic heterocycles. The largest absolute Gasteiger partial charge is 0.349 e. The Kier molecular flexibility index (Phi) is 6.82. The number of hydrogen-bond donors (Lipinski definition) is 0. The third kappa shape index (κ3) is 6.20. The van der Waals surface area contributed by atoms with Crippen LogP contribution in [0.4, 0.5) is 0 Å². The van der Waals surface area contributed by atoms with Crippen LogP contribution in [0.1, 0.15) is 38.5 Å². The van der Waals surface area contributed by atoms with E-state index in [2.05, 4.69) is 6.92 Å². The molecular formula is C10H20NO. The van der Waals surface area contributed by atoms with E-state index >= 15 is 0 Å². The van der Waals surface area contributed by atoms with Crippen molar-refractivity contribution in [2.24, 2.45) is 0 Å². The molecule has 0 unspecified atom stereocenters. The van der Waals surface area contributed by atoms with Crippen LogP contribution < -0.4 is 0 Å². The van der Waals surface area contributed by atoms with Crippen LogP contribution in [0.5, 0.6) is 0 Å². The van der Waals surface area contributed by atoms with Gasteiger partial charge in [0.2, 0.25) is 5.91 Å². The molecule has 71 valence electrons. The highest BCUT2D eigenvalue weighted by atomic mass is 16.2. The first-order valence-corrected chi connectivity index (χ1v) is 4.68. The Morgan fingerprint density at radius 1 is 1.17 bits per heavy atom. The van der Waals surface area contributed by atoms with Gasteiger partial charge in [-0.05, 0) is 6.42 Å². The first-order chi connectivity index (χ1) is 5.68. The van der Waals surface area contributed by atoms with Crippen molar-refractivity contribution in [1.29, 1.82) is 0 Å². The maximum Gasteiger partial charge on any atom is 0.222 e. The van der Waals surface area contributed by atoms with Crippen molar-refractivity contribution in [3.05, 3.63) is 6.92 Å². The van der Waals surface area contributed by atoms with Crippen LogP contribution in [0.2, 0.25) is 0 Å². The van der Waals surface area contributed by atoms with Crippen molar-refractivity contribution < 1.29 is 4.79 Å². The highest BCUT2D eigenvalue weighted by molar-refractivity contribution is 5.75. The number of unbranched alkanes of at least 4 members (excludes halogenated alkanes) is 4. The van der Waals surface area contributed by atoms with Gasteiger partial charge >= 0.3 is 0 Å². The Labute approximate surface area is 75.9 Å². The number of rotatable bonds is 6. The van der Waals surface area contributed by atoms with E-state index in [9.17, 15) is 4.79 Å². The first-order valence-electron chi connectivity index (χ1n) is 4.68. The zero-order valence-corrected chi connectivity index (χ0v) is 8.31. The number of carbonyl (C=O) groups is 1. The van der Waals surface area contributed by atoms with Crippen molar-refractivity contribution in [2.75, 3.05) is 14.1 Å². The summed E-state index contributed by atoms with van der Waals surface area (Å²) in [5, 5.41) is 0. The molecule has 1 radical (unpaired) electrons. The van der Waals surface area contributed by atoms with Gasteiger partial charge in [0.15, 0.2) is 0 Å². The van der Waals surface area contributed by atoms with Gasteiger partial charge in [-0.1, -0.05) is 32.6 Å². The molecule has 2 heteroatoms. The highest BCUT2D eigenvalue weighted by Gasteiger charge is 2.01. The second-order valence-corrected chi connectivity index (χ2v) is 3.31. The van der Waals surface area contributed by atoms with E-state index in [4.69, 9.17) is 0 Å². The van der Waals surface area contributed by atoms with E-state index in [1.165, 1.54) is 12.8 Å². The minimum absolute atomic E-state index is 0.240. The molecule has 0 saturated carbocycles. The fourth-order valence-electron chi connectivity index (χ4n) is 1.03. The molecule has 0 aliphatic carbocycles. The predicted molar refractivity (Wildman–Crippen MR) is 51.8 cm³/mol. The zero-order valence-electron chi connectivity index (χ0n) is 8.31. The maximum absolute atomic E-state index is 11.1. The molecule has 0 spiro atoms. The van der Waals surface area contributed by atoms with Crippen LogP contribution in [0.15, 0.2) is 0 Å². The summed E-state index contributed by atoms with van der Waals surface area (Å²) < 4.78 is 0. The molecule has 0 N–H and O–H groups in total. The van der Waals surface area contributed by atoms with E-state index in [0.29, 0.717) is 6.42 Å². The minimum Gasteiger partial charge on any atom is -0.349 e. The summed E-state index contributed by atoms with van der Waals surface area (Å²) in [6, 6.07) is 0. The van der Waals surface area contributed by atoms with E-state index in [-0.39, 0.29) is 5.91 Å². The number of carbonyl (C=O) groups excluding carboxylic acids is 1. The van der Waals surface area contributed by atoms with Crippen LogP contribution in [-0.2, 0) is 4.79 Å². The molecule has 1 amide bonds. The molecule has 0 aromatic rings. The Morgan fingerprint density at radius 3 is 2.25 bits per heavy atom. The Morgan fingerprint density at radius 2 is 1.75 bits per heavy atom. The van der Waals surface area contributed by atoms with Gasteiger partial charge in [0, 0.05) is 20.5 Å². The SMILES string of the molecule is [CH2]CCCCCCC(=O)N(C)C. The summed E-state index contributed by atoms with van der Waals surface area (Å²) in [7, 11) is 3.61. The van der Waals surface area contributed by atoms with Crippen molar-refractivity contribution in [3.8, 4) is 0 Å². The second kappa shape index (κ2) is 7.14. The zero-order chi connectivity index (χ0) is 9.40. The van der Waals surface area contributed by atoms with Gasteiger partial charge in [-0.25, -0.2) is 0 Å². The van der Waals surface area contributed by atoms with Gasteiger partial charge in [0.05, 0.1) is 0 Å². The molecule has 0 aromatic heterocycles. The van der Waals surface area contributed by atoms with Crippen LogP contribution in [0.3, 0.4) is 0 Å². The van der Waals surface area contributed by atoms with E-state index in [0.717, 1.165) is 19.3 Å². The van der Waals surface area contributed by atoms with Crippen LogP contribution in [0.25, 0.3) is 0 Å². The van der Waals surface area contributed by atoms with Gasteiger partial charge in [0.1, 0.15) is 0 Å². The average molecular weight is 170 g/mol. The molecule has 2 nitrogen and oxygen atoms in total. The molecule has 0 fully saturated rings. The number of hydrogen-bond acceptors (Lipinski definition) is 1. The first kappa shape index (κ1) is 11.5. The van der Waals surface area contributed by atoms with Crippen LogP contribution >= 0.6 is 0 Å². The fraction of sp³-hybridized carbons (Fsp3) is 0.800. The van der Waals surface area contributed by atoms with Gasteiger partial charge in [-0.15, -0.1) is 0 Å². The number of amides is 1. The topological polar surface area (TPSA) is 20.3 Å². The maximum atomic E-state index is 11.1. The molecular weight excluding hydrogens is 150 g/mol. The second-order valence-electron chi connectivity index (χ2n) is 3.31. The normalized spacial score (nSPS) is 9.92. The fourth-order valence-corrected chi connectivity index (χ4v) is 1.03. The Balaban J connectivity index is 3.14. The van der Waals surface area contributed by atoms with Crippen LogP contribution in [0, 0.1) is 6.92 Å². The molecule has 0 heterocycles. The third-order valence-electron chi connectivity index (χ3n) is 1.89. The van der Waals surface area contributed by atoms with Gasteiger partial charge in [-0.3, -0.25) is 4.79 Å². The van der Waals surface area contributed by atoms with Gasteiger partial charge in [0.25, 0.3) is 0 Å². The lowest BCUT2D eigenvalue weighted by Crippen LogP contribution is -2.20. The average Bonchev–Trinajstić information content (AvgIpc) is 2.03. The smallest absolute Gasteiger partial charge is 0.222 e. The molecule has 12 heavy (non-hydrogen) atoms. The lowest BCUT2D eigenvalue weighted by atomic mass is 10.1. The predicted octanol–water partition coefficient (Wildman–Crippen LogP) is 2.25. The molecule has 0 atom stereocenters. The summed E-state index contributed by atoms with van der Waals surface area (Å²) >= 11 is 0. The van der Waals surface area contributed by atoms with Crippen molar-refractivity contribution in [2.45, 2.75) is 38.5 Å². The summed E-state index contributed by atoms with van der Waals surface area (Å²) in [6.45, 7) is 3.77. The molecule has 0 rings (SSSR count). The lowest BCUT2D eigenvalue weighted by Gasteiger charge is -2.09. The summed E-state index contributed by atoms with van der Waals surface area (Å²) in [4.78, 5) is 12.7. The minimum atomic E-state index is 0.240. The van der Waals surface area contributed by atoms with Crippen LogP contribution in [-0.4, -0.2) is 24.9 Å². The lowest BCUT2D eigenvalue weighted by molar-refractivity contribution is -0.128. The van der Waals surface area contributed by atoms with Crippen molar-refractivity contribution in [1.82, 2.24) is 4.90 Å². The van der Waals surface area contributed by atoms with E-state index < -0.39 is 0 Å². The summed E-state index contributed by atoms with van der Waals surface area (Å²) in [6.07, 6.45) is 6.30. The monoisotopic (exact) mass is 170 g/mol. The molecule has 0 aliphatic rings. The summed E-state index contributed by atoms with van der Waals surface area (Å²) in [5.74, 6) is 0.240. The van der Waals surface area contributed by atoms with E-state index in [1.807, 2.05) is 0 Å². The van der Waals surface area contributed by atoms with Crippen molar-refractivity contribution >= 4 is 5.91 Å². The molecule has 0 aromatic carbocycles. The number of nitrogens with zero attached hydrogens (tertiary/aromatic N) is 1. The standard InChI is InChI=1S/C10H20NO/c1-4-5-6-7-8-9-10(12)11(2)3/h1,4-9H2,2-3H3. The highest BCUT2D eigenvalue weighted by Crippen LogP contribution is 2.05. The van der Waals surface area contributed by atoms with Crippen molar-refractivity contribution in [3.63, 3.8) is 0 Å². The van der Waals surface area contributed by atoms with E-state index in [1.54, 1.807) is 19.0 Å². The van der Waals surface area contributed by atoms with Gasteiger partial charge in [-0.2, -0.15) is 0 Å².